The second-order valence-corrected chi connectivity index (χ2v) is 10.8. The normalized spacial score (nSPS) is 12.2. The molecule has 1 aromatic heterocycles. The number of sulfonamides is 1. The van der Waals surface area contributed by atoms with Crippen LogP contribution in [0.4, 0.5) is 0 Å². The van der Waals surface area contributed by atoms with Crippen molar-refractivity contribution in [3.8, 4) is 11.5 Å². The van der Waals surface area contributed by atoms with E-state index in [1.54, 1.807) is 31.2 Å². The maximum Gasteiger partial charge on any atom is 0.262 e. The molecule has 0 saturated carbocycles. The maximum absolute atomic E-state index is 13.6. The highest BCUT2D eigenvalue weighted by atomic mass is 32.2. The van der Waals surface area contributed by atoms with Gasteiger partial charge in [-0.3, -0.25) is 4.68 Å². The third-order valence-electron chi connectivity index (χ3n) is 4.89. The average Bonchev–Trinajstić information content (AvgIpc) is 3.22. The van der Waals surface area contributed by atoms with Gasteiger partial charge >= 0.3 is 0 Å². The molecular weight excluding hydrogens is 426 g/mol. The van der Waals surface area contributed by atoms with Gasteiger partial charge in [-0.05, 0) is 46.9 Å². The first-order valence-corrected chi connectivity index (χ1v) is 11.8. The summed E-state index contributed by atoms with van der Waals surface area (Å²) in [6.45, 7) is 7.31. The van der Waals surface area contributed by atoms with Gasteiger partial charge < -0.3 is 9.47 Å². The third kappa shape index (κ3) is 6.11. The lowest BCUT2D eigenvalue weighted by Gasteiger charge is -2.22. The minimum absolute atomic E-state index is 0.0150. The predicted octanol–water partition coefficient (Wildman–Crippen LogP) is 4.34. The minimum atomic E-state index is -3.82. The van der Waals surface area contributed by atoms with E-state index in [0.717, 1.165) is 22.6 Å². The molecule has 0 fully saturated rings. The van der Waals surface area contributed by atoms with E-state index in [4.69, 9.17) is 9.47 Å². The Morgan fingerprint density at radius 3 is 1.72 bits per heavy atom. The number of rotatable bonds is 9. The highest BCUT2D eigenvalue weighted by molar-refractivity contribution is 7.89. The number of hydrogen-bond acceptors (Lipinski definition) is 5. The van der Waals surface area contributed by atoms with Gasteiger partial charge in [0.2, 0.25) is 0 Å². The molecule has 0 aliphatic rings. The largest absolute Gasteiger partial charge is 0.497 e. The minimum Gasteiger partial charge on any atom is -0.497 e. The summed E-state index contributed by atoms with van der Waals surface area (Å²) >= 11 is 0. The van der Waals surface area contributed by atoms with Crippen LogP contribution in [0.2, 0.25) is 0 Å². The second kappa shape index (κ2) is 9.75. The van der Waals surface area contributed by atoms with Crippen LogP contribution in [0, 0.1) is 5.41 Å². The van der Waals surface area contributed by atoms with Crippen molar-refractivity contribution in [2.45, 2.75) is 45.4 Å². The van der Waals surface area contributed by atoms with E-state index in [1.165, 1.54) is 4.31 Å². The van der Waals surface area contributed by atoms with E-state index in [2.05, 4.69) is 25.9 Å². The van der Waals surface area contributed by atoms with Crippen LogP contribution in [-0.2, 0) is 29.7 Å². The second-order valence-electron chi connectivity index (χ2n) is 8.88. The molecule has 1 heterocycles. The van der Waals surface area contributed by atoms with Crippen LogP contribution < -0.4 is 9.47 Å². The van der Waals surface area contributed by atoms with E-state index in [-0.39, 0.29) is 23.5 Å². The lowest BCUT2D eigenvalue weighted by Crippen LogP contribution is -2.31. The third-order valence-corrected chi connectivity index (χ3v) is 6.58. The zero-order valence-electron chi connectivity index (χ0n) is 19.3. The Morgan fingerprint density at radius 1 is 0.844 bits per heavy atom. The van der Waals surface area contributed by atoms with Crippen LogP contribution in [0.3, 0.4) is 0 Å². The number of ether oxygens (including phenoxy) is 2. The lowest BCUT2D eigenvalue weighted by atomic mass is 9.97. The molecule has 0 N–H and O–H groups in total. The first-order valence-electron chi connectivity index (χ1n) is 10.4. The first-order chi connectivity index (χ1) is 15.1. The monoisotopic (exact) mass is 457 g/mol. The molecule has 32 heavy (non-hydrogen) atoms. The molecule has 0 saturated heterocycles. The van der Waals surface area contributed by atoms with Gasteiger partial charge in [-0.25, -0.2) is 8.42 Å². The fourth-order valence-electron chi connectivity index (χ4n) is 3.28. The molecular formula is C24H31N3O4S. The molecule has 0 aliphatic carbocycles. The van der Waals surface area contributed by atoms with Gasteiger partial charge in [-0.2, -0.15) is 9.40 Å². The summed E-state index contributed by atoms with van der Waals surface area (Å²) in [7, 11) is -0.624. The molecule has 0 atom stereocenters. The summed E-state index contributed by atoms with van der Waals surface area (Å²) in [5, 5.41) is 4.42. The Labute approximate surface area is 190 Å². The van der Waals surface area contributed by atoms with Crippen LogP contribution in [0.15, 0.2) is 65.8 Å². The Balaban J connectivity index is 1.91. The fourth-order valence-corrected chi connectivity index (χ4v) is 4.63. The molecule has 172 valence electrons. The van der Waals surface area contributed by atoms with Gasteiger partial charge in [-0.1, -0.05) is 45.0 Å². The smallest absolute Gasteiger partial charge is 0.262 e. The summed E-state index contributed by atoms with van der Waals surface area (Å²) < 4.78 is 40.7. The van der Waals surface area contributed by atoms with E-state index in [9.17, 15) is 8.42 Å². The number of benzene rings is 2. The lowest BCUT2D eigenvalue weighted by molar-refractivity contribution is 0.321. The molecule has 0 spiro atoms. The average molecular weight is 458 g/mol. The zero-order chi connectivity index (χ0) is 23.4. The molecule has 0 unspecified atom stereocenters. The van der Waals surface area contributed by atoms with Gasteiger partial charge in [-0.15, -0.1) is 0 Å². The van der Waals surface area contributed by atoms with E-state index in [1.807, 2.05) is 48.5 Å². The summed E-state index contributed by atoms with van der Waals surface area (Å²) in [5.74, 6) is 1.44. The topological polar surface area (TPSA) is 73.7 Å². The molecule has 7 nitrogen and oxygen atoms in total. The maximum atomic E-state index is 13.6. The van der Waals surface area contributed by atoms with Crippen molar-refractivity contribution in [3.05, 3.63) is 71.9 Å². The van der Waals surface area contributed by atoms with Crippen LogP contribution in [-0.4, -0.2) is 36.7 Å². The van der Waals surface area contributed by atoms with Gasteiger partial charge in [0, 0.05) is 25.8 Å². The molecule has 2 aromatic carbocycles. The van der Waals surface area contributed by atoms with Gasteiger partial charge in [0.1, 0.15) is 11.5 Å². The molecule has 0 bridgehead atoms. The van der Waals surface area contributed by atoms with Crippen molar-refractivity contribution in [1.29, 1.82) is 0 Å². The zero-order valence-corrected chi connectivity index (χ0v) is 20.1. The number of aromatic nitrogens is 2. The molecule has 3 aromatic rings. The van der Waals surface area contributed by atoms with Crippen LogP contribution in [0.1, 0.15) is 31.9 Å². The highest BCUT2D eigenvalue weighted by Crippen LogP contribution is 2.23. The first kappa shape index (κ1) is 23.8. The van der Waals surface area contributed by atoms with Gasteiger partial charge in [0.05, 0.1) is 14.2 Å². The number of hydrogen-bond donors (Lipinski definition) is 0. The van der Waals surface area contributed by atoms with Crippen LogP contribution >= 0.6 is 0 Å². The Bertz CT molecular complexity index is 1070. The van der Waals surface area contributed by atoms with Crippen molar-refractivity contribution in [1.82, 2.24) is 14.1 Å². The SMILES string of the molecule is COc1ccc(CN(Cc2ccc(OC)cc2)S(=O)(=O)c2ccn(CC(C)(C)C)n2)cc1. The fraction of sp³-hybridized carbons (Fsp3) is 0.375. The Hall–Kier alpha value is -2.84. The van der Waals surface area contributed by atoms with Crippen LogP contribution in [0.5, 0.6) is 11.5 Å². The molecule has 0 radical (unpaired) electrons. The number of methoxy groups -OCH3 is 2. The van der Waals surface area contributed by atoms with E-state index >= 15 is 0 Å². The Kier molecular flexibility index (Phi) is 7.26. The number of nitrogens with zero attached hydrogens (tertiary/aromatic N) is 3. The van der Waals surface area contributed by atoms with E-state index < -0.39 is 10.0 Å². The summed E-state index contributed by atoms with van der Waals surface area (Å²) in [6, 6.07) is 16.3. The standard InChI is InChI=1S/C24H31N3O4S/c1-24(2,3)18-26-15-14-23(25-26)32(28,29)27(16-19-6-10-21(30-4)11-7-19)17-20-8-12-22(31-5)13-9-20/h6-15H,16-18H2,1-5H3. The van der Waals surface area contributed by atoms with E-state index in [0.29, 0.717) is 6.54 Å². The van der Waals surface area contributed by atoms with Crippen molar-refractivity contribution in [3.63, 3.8) is 0 Å². The highest BCUT2D eigenvalue weighted by Gasteiger charge is 2.28. The Morgan fingerprint density at radius 2 is 1.31 bits per heavy atom. The molecule has 3 rings (SSSR count). The molecule has 0 aliphatic heterocycles. The summed E-state index contributed by atoms with van der Waals surface area (Å²) in [5.41, 5.74) is 1.70. The van der Waals surface area contributed by atoms with Crippen molar-refractivity contribution in [2.24, 2.45) is 5.41 Å². The quantitative estimate of drug-likeness (QED) is 0.478. The van der Waals surface area contributed by atoms with Crippen molar-refractivity contribution >= 4 is 10.0 Å². The van der Waals surface area contributed by atoms with Gasteiger partial charge in [0.25, 0.3) is 10.0 Å². The summed E-state index contributed by atoms with van der Waals surface area (Å²) in [6.07, 6.45) is 1.72. The molecule has 0 amide bonds. The summed E-state index contributed by atoms with van der Waals surface area (Å²) in [4.78, 5) is 0. The van der Waals surface area contributed by atoms with Crippen molar-refractivity contribution < 1.29 is 17.9 Å². The van der Waals surface area contributed by atoms with Crippen LogP contribution in [0.25, 0.3) is 0 Å². The van der Waals surface area contributed by atoms with Crippen molar-refractivity contribution in [2.75, 3.05) is 14.2 Å². The predicted molar refractivity (Wildman–Crippen MR) is 124 cm³/mol. The molecule has 8 heteroatoms. The van der Waals surface area contributed by atoms with Gasteiger partial charge in [0.15, 0.2) is 5.03 Å².